The third-order valence-corrected chi connectivity index (χ3v) is 3.91. The van der Waals surface area contributed by atoms with E-state index in [2.05, 4.69) is 16.0 Å². The van der Waals surface area contributed by atoms with Gasteiger partial charge in [-0.3, -0.25) is 9.59 Å². The molecule has 2 aromatic rings. The van der Waals surface area contributed by atoms with Crippen LogP contribution in [0.1, 0.15) is 12.8 Å². The van der Waals surface area contributed by atoms with E-state index in [1.807, 2.05) is 30.3 Å². The highest BCUT2D eigenvalue weighted by atomic mass is 35.5. The number of hydrogen-bond donors (Lipinski definition) is 3. The highest BCUT2D eigenvalue weighted by Gasteiger charge is 2.21. The highest BCUT2D eigenvalue weighted by Crippen LogP contribution is 2.18. The summed E-state index contributed by atoms with van der Waals surface area (Å²) in [5.74, 6) is 0.243. The largest absolute Gasteiger partial charge is 0.484 e. The van der Waals surface area contributed by atoms with Gasteiger partial charge in [0.05, 0.1) is 6.04 Å². The summed E-state index contributed by atoms with van der Waals surface area (Å²) in [6, 6.07) is 16.1. The molecule has 1 unspecified atom stereocenters. The minimum Gasteiger partial charge on any atom is -0.484 e. The van der Waals surface area contributed by atoms with Gasteiger partial charge < -0.3 is 20.7 Å². The summed E-state index contributed by atoms with van der Waals surface area (Å²) in [5.41, 5.74) is 1.38. The first kappa shape index (κ1) is 19.8. The molecule has 1 heterocycles. The van der Waals surface area contributed by atoms with E-state index in [9.17, 15) is 9.59 Å². The average molecular weight is 376 g/mol. The highest BCUT2D eigenvalue weighted by molar-refractivity contribution is 5.95. The number of halogens is 1. The molecule has 2 amide bonds. The molecule has 0 saturated carbocycles. The van der Waals surface area contributed by atoms with E-state index in [0.717, 1.165) is 25.1 Å². The van der Waals surface area contributed by atoms with Crippen molar-refractivity contribution in [3.63, 3.8) is 0 Å². The Balaban J connectivity index is 0.00000243. The van der Waals surface area contributed by atoms with Crippen LogP contribution in [0.2, 0.25) is 0 Å². The molecule has 1 fully saturated rings. The van der Waals surface area contributed by atoms with Gasteiger partial charge in [-0.05, 0) is 43.7 Å². The van der Waals surface area contributed by atoms with Gasteiger partial charge in [-0.1, -0.05) is 24.3 Å². The molecular weight excluding hydrogens is 354 g/mol. The molecule has 0 bridgehead atoms. The number of anilines is 2. The second-order valence-corrected chi connectivity index (χ2v) is 5.87. The molecule has 0 aliphatic carbocycles. The number of ether oxygens (including phenoxy) is 1. The third kappa shape index (κ3) is 5.75. The van der Waals surface area contributed by atoms with Gasteiger partial charge >= 0.3 is 0 Å². The summed E-state index contributed by atoms with van der Waals surface area (Å²) >= 11 is 0. The van der Waals surface area contributed by atoms with Gasteiger partial charge in [0, 0.05) is 17.4 Å². The van der Waals surface area contributed by atoms with Gasteiger partial charge in [0.25, 0.3) is 5.91 Å². The van der Waals surface area contributed by atoms with E-state index in [-0.39, 0.29) is 36.9 Å². The SMILES string of the molecule is Cl.O=C(COc1cccc(NC(=O)C2CCCN2)c1)Nc1ccccc1. The maximum absolute atomic E-state index is 12.1. The first-order valence-corrected chi connectivity index (χ1v) is 8.33. The molecule has 3 N–H and O–H groups in total. The quantitative estimate of drug-likeness (QED) is 0.725. The maximum atomic E-state index is 12.1. The molecule has 26 heavy (non-hydrogen) atoms. The van der Waals surface area contributed by atoms with Crippen LogP contribution in [-0.2, 0) is 9.59 Å². The van der Waals surface area contributed by atoms with Gasteiger partial charge in [0.1, 0.15) is 5.75 Å². The van der Waals surface area contributed by atoms with Crippen LogP contribution >= 0.6 is 12.4 Å². The standard InChI is InChI=1S/C19H21N3O3.ClH/c23-18(21-14-6-2-1-3-7-14)13-25-16-9-4-8-15(12-16)22-19(24)17-10-5-11-20-17;/h1-4,6-9,12,17,20H,5,10-11,13H2,(H,21,23)(H,22,24);1H. The zero-order chi connectivity index (χ0) is 17.5. The van der Waals surface area contributed by atoms with Crippen LogP contribution < -0.4 is 20.7 Å². The second kappa shape index (κ2) is 9.79. The number of nitrogens with one attached hydrogen (secondary N) is 3. The minimum absolute atomic E-state index is 0. The van der Waals surface area contributed by atoms with Crippen molar-refractivity contribution in [3.05, 3.63) is 54.6 Å². The van der Waals surface area contributed by atoms with Crippen LogP contribution in [0.25, 0.3) is 0 Å². The zero-order valence-corrected chi connectivity index (χ0v) is 15.1. The fraction of sp³-hybridized carbons (Fsp3) is 0.263. The molecule has 0 aromatic heterocycles. The molecule has 2 aromatic carbocycles. The number of para-hydroxylation sites is 1. The maximum Gasteiger partial charge on any atom is 0.262 e. The summed E-state index contributed by atoms with van der Waals surface area (Å²) in [6.45, 7) is 0.772. The van der Waals surface area contributed by atoms with E-state index in [1.165, 1.54) is 0 Å². The number of hydrogen-bond acceptors (Lipinski definition) is 4. The topological polar surface area (TPSA) is 79.5 Å². The molecule has 7 heteroatoms. The zero-order valence-electron chi connectivity index (χ0n) is 14.2. The lowest BCUT2D eigenvalue weighted by Gasteiger charge is -2.12. The molecular formula is C19H22ClN3O3. The molecule has 1 saturated heterocycles. The van der Waals surface area contributed by atoms with Crippen molar-refractivity contribution in [3.8, 4) is 5.75 Å². The molecule has 1 atom stereocenters. The number of amides is 2. The average Bonchev–Trinajstić information content (AvgIpc) is 3.16. The first-order valence-electron chi connectivity index (χ1n) is 8.33. The number of carbonyl (C=O) groups is 2. The van der Waals surface area contributed by atoms with Crippen molar-refractivity contribution in [1.29, 1.82) is 0 Å². The Morgan fingerprint density at radius 2 is 1.81 bits per heavy atom. The molecule has 1 aliphatic heterocycles. The summed E-state index contributed by atoms with van der Waals surface area (Å²) in [6.07, 6.45) is 1.86. The fourth-order valence-corrected chi connectivity index (χ4v) is 2.67. The third-order valence-electron chi connectivity index (χ3n) is 3.91. The Morgan fingerprint density at radius 1 is 1.04 bits per heavy atom. The Hall–Kier alpha value is -2.57. The van der Waals surface area contributed by atoms with Crippen molar-refractivity contribution in [2.45, 2.75) is 18.9 Å². The smallest absolute Gasteiger partial charge is 0.262 e. The van der Waals surface area contributed by atoms with E-state index in [4.69, 9.17) is 4.74 Å². The molecule has 1 aliphatic rings. The lowest BCUT2D eigenvalue weighted by Crippen LogP contribution is -2.35. The summed E-state index contributed by atoms with van der Waals surface area (Å²) in [7, 11) is 0. The van der Waals surface area contributed by atoms with Crippen LogP contribution in [-0.4, -0.2) is 31.0 Å². The Bertz CT molecular complexity index is 734. The fourth-order valence-electron chi connectivity index (χ4n) is 2.67. The molecule has 0 radical (unpaired) electrons. The van der Waals surface area contributed by atoms with Crippen LogP contribution in [0.3, 0.4) is 0 Å². The van der Waals surface area contributed by atoms with Crippen LogP contribution in [0.4, 0.5) is 11.4 Å². The number of benzene rings is 2. The lowest BCUT2D eigenvalue weighted by molar-refractivity contribution is -0.118. The van der Waals surface area contributed by atoms with Crippen LogP contribution in [0.15, 0.2) is 54.6 Å². The predicted octanol–water partition coefficient (Wildman–Crippen LogP) is 2.82. The van der Waals surface area contributed by atoms with Crippen LogP contribution in [0.5, 0.6) is 5.75 Å². The number of carbonyl (C=O) groups excluding carboxylic acids is 2. The van der Waals surface area contributed by atoms with E-state index in [1.54, 1.807) is 24.3 Å². The minimum atomic E-state index is -0.240. The molecule has 3 rings (SSSR count). The van der Waals surface area contributed by atoms with E-state index >= 15 is 0 Å². The first-order chi connectivity index (χ1) is 12.2. The molecule has 0 spiro atoms. The van der Waals surface area contributed by atoms with Gasteiger partial charge in [0.15, 0.2) is 6.61 Å². The summed E-state index contributed by atoms with van der Waals surface area (Å²) in [5, 5.41) is 8.78. The van der Waals surface area contributed by atoms with Gasteiger partial charge in [-0.15, -0.1) is 12.4 Å². The van der Waals surface area contributed by atoms with Crippen molar-refractivity contribution >= 4 is 35.6 Å². The van der Waals surface area contributed by atoms with Crippen LogP contribution in [0, 0.1) is 0 Å². The number of rotatable bonds is 6. The van der Waals surface area contributed by atoms with Gasteiger partial charge in [-0.25, -0.2) is 0 Å². The van der Waals surface area contributed by atoms with Gasteiger partial charge in [0.2, 0.25) is 5.91 Å². The molecule has 138 valence electrons. The summed E-state index contributed by atoms with van der Waals surface area (Å²) in [4.78, 5) is 24.0. The van der Waals surface area contributed by atoms with Crippen molar-refractivity contribution in [1.82, 2.24) is 5.32 Å². The predicted molar refractivity (Wildman–Crippen MR) is 104 cm³/mol. The Morgan fingerprint density at radius 3 is 2.54 bits per heavy atom. The van der Waals surface area contributed by atoms with Gasteiger partial charge in [-0.2, -0.15) is 0 Å². The monoisotopic (exact) mass is 375 g/mol. The van der Waals surface area contributed by atoms with E-state index < -0.39 is 0 Å². The Kier molecular flexibility index (Phi) is 7.44. The summed E-state index contributed by atoms with van der Waals surface area (Å²) < 4.78 is 5.51. The van der Waals surface area contributed by atoms with Crippen molar-refractivity contribution in [2.24, 2.45) is 0 Å². The second-order valence-electron chi connectivity index (χ2n) is 5.87. The normalized spacial score (nSPS) is 15.6. The van der Waals surface area contributed by atoms with Crippen molar-refractivity contribution < 1.29 is 14.3 Å². The van der Waals surface area contributed by atoms with Crippen molar-refractivity contribution in [2.75, 3.05) is 23.8 Å². The molecule has 6 nitrogen and oxygen atoms in total. The van der Waals surface area contributed by atoms with E-state index in [0.29, 0.717) is 11.4 Å². The Labute approximate surface area is 158 Å². The lowest BCUT2D eigenvalue weighted by atomic mass is 10.2.